The van der Waals surface area contributed by atoms with Crippen LogP contribution in [0.4, 0.5) is 5.69 Å². The molecule has 1 saturated heterocycles. The van der Waals surface area contributed by atoms with Crippen LogP contribution >= 0.6 is 0 Å². The molecule has 6 heteroatoms. The Bertz CT molecular complexity index is 731. The number of hydrogen-bond donors (Lipinski definition) is 2. The summed E-state index contributed by atoms with van der Waals surface area (Å²) >= 11 is 0. The zero-order valence-corrected chi connectivity index (χ0v) is 16.3. The van der Waals surface area contributed by atoms with E-state index >= 15 is 0 Å². The lowest BCUT2D eigenvalue weighted by Gasteiger charge is -2.33. The van der Waals surface area contributed by atoms with E-state index in [9.17, 15) is 14.4 Å². The molecule has 1 saturated carbocycles. The van der Waals surface area contributed by atoms with Crippen molar-refractivity contribution in [1.82, 2.24) is 10.2 Å². The van der Waals surface area contributed by atoms with Crippen LogP contribution in [-0.4, -0.2) is 41.8 Å². The molecule has 3 atom stereocenters. The first-order chi connectivity index (χ1) is 12.8. The van der Waals surface area contributed by atoms with E-state index < -0.39 is 0 Å². The van der Waals surface area contributed by atoms with Crippen LogP contribution in [0, 0.1) is 17.8 Å². The third-order valence-corrected chi connectivity index (χ3v) is 5.40. The molecule has 2 N–H and O–H groups in total. The predicted octanol–water partition coefficient (Wildman–Crippen LogP) is 2.66. The molecule has 146 valence electrons. The molecule has 2 fully saturated rings. The van der Waals surface area contributed by atoms with E-state index in [-0.39, 0.29) is 35.6 Å². The molecule has 0 bridgehead atoms. The van der Waals surface area contributed by atoms with E-state index in [2.05, 4.69) is 17.6 Å². The summed E-state index contributed by atoms with van der Waals surface area (Å²) < 4.78 is 0. The van der Waals surface area contributed by atoms with Gasteiger partial charge in [0.1, 0.15) is 0 Å². The van der Waals surface area contributed by atoms with E-state index in [0.29, 0.717) is 30.3 Å². The molecule has 1 aromatic rings. The number of benzene rings is 1. The highest BCUT2D eigenvalue weighted by molar-refractivity contribution is 5.98. The number of hydrogen-bond acceptors (Lipinski definition) is 3. The second-order valence-electron chi connectivity index (χ2n) is 8.14. The Kier molecular flexibility index (Phi) is 5.82. The minimum absolute atomic E-state index is 0.00293. The molecule has 2 aliphatic rings. The maximum Gasteiger partial charge on any atom is 0.253 e. The van der Waals surface area contributed by atoms with Crippen molar-refractivity contribution in [2.75, 3.05) is 18.4 Å². The fraction of sp³-hybridized carbons (Fsp3) is 0.571. The third kappa shape index (κ3) is 4.87. The Morgan fingerprint density at radius 2 is 1.96 bits per heavy atom. The summed E-state index contributed by atoms with van der Waals surface area (Å²) in [5.74, 6) is 0.465. The molecule has 1 aliphatic heterocycles. The highest BCUT2D eigenvalue weighted by Gasteiger charge is 2.39. The molecular weight excluding hydrogens is 342 g/mol. The molecular formula is C21H29N3O3. The molecule has 0 spiro atoms. The van der Waals surface area contributed by atoms with Crippen LogP contribution in [-0.2, 0) is 9.59 Å². The molecule has 0 radical (unpaired) electrons. The Morgan fingerprint density at radius 1 is 1.22 bits per heavy atom. The summed E-state index contributed by atoms with van der Waals surface area (Å²) in [4.78, 5) is 38.7. The molecule has 1 aliphatic carbocycles. The van der Waals surface area contributed by atoms with Crippen molar-refractivity contribution in [3.8, 4) is 0 Å². The van der Waals surface area contributed by atoms with Gasteiger partial charge in [0.05, 0.1) is 0 Å². The summed E-state index contributed by atoms with van der Waals surface area (Å²) in [6.07, 6.45) is 2.68. The van der Waals surface area contributed by atoms with Gasteiger partial charge < -0.3 is 15.5 Å². The topological polar surface area (TPSA) is 78.5 Å². The van der Waals surface area contributed by atoms with Crippen molar-refractivity contribution in [2.24, 2.45) is 17.8 Å². The minimum atomic E-state index is -0.0643. The Labute approximate surface area is 160 Å². The molecule has 0 aromatic heterocycles. The summed E-state index contributed by atoms with van der Waals surface area (Å²) in [6.45, 7) is 7.00. The van der Waals surface area contributed by atoms with Gasteiger partial charge in [0, 0.05) is 42.2 Å². The standard InChI is InChI=1S/C21H29N3O3/c1-13(2)19(25)23-17-8-5-9-24(12-17)21(27)15-6-4-7-16(11-15)22-20(26)18-10-14(18)3/h4,6-7,11,13-14,17-18H,5,8-10,12H2,1-3H3,(H,22,26)(H,23,25)/t14-,17-,18-/m1/s1. The van der Waals surface area contributed by atoms with Gasteiger partial charge in [-0.15, -0.1) is 0 Å². The maximum atomic E-state index is 12.9. The zero-order valence-electron chi connectivity index (χ0n) is 16.3. The van der Waals surface area contributed by atoms with Gasteiger partial charge in [0.25, 0.3) is 5.91 Å². The molecule has 6 nitrogen and oxygen atoms in total. The first-order valence-corrected chi connectivity index (χ1v) is 9.85. The highest BCUT2D eigenvalue weighted by Crippen LogP contribution is 2.38. The largest absolute Gasteiger partial charge is 0.351 e. The number of carbonyl (C=O) groups excluding carboxylic acids is 3. The first-order valence-electron chi connectivity index (χ1n) is 9.85. The van der Waals surface area contributed by atoms with E-state index in [1.807, 2.05) is 19.9 Å². The van der Waals surface area contributed by atoms with Crippen LogP contribution in [0.3, 0.4) is 0 Å². The average molecular weight is 371 g/mol. The van der Waals surface area contributed by atoms with Crippen LogP contribution in [0.5, 0.6) is 0 Å². The molecule has 1 heterocycles. The number of rotatable bonds is 5. The number of anilines is 1. The number of amides is 3. The quantitative estimate of drug-likeness (QED) is 0.835. The van der Waals surface area contributed by atoms with Gasteiger partial charge in [0.15, 0.2) is 0 Å². The molecule has 0 unspecified atom stereocenters. The second-order valence-corrected chi connectivity index (χ2v) is 8.14. The Balaban J connectivity index is 1.62. The summed E-state index contributed by atoms with van der Waals surface area (Å²) in [6, 6.07) is 7.11. The normalized spacial score (nSPS) is 24.4. The van der Waals surface area contributed by atoms with Crippen molar-refractivity contribution >= 4 is 23.4 Å². The summed E-state index contributed by atoms with van der Waals surface area (Å²) in [5, 5.41) is 5.94. The number of likely N-dealkylation sites (tertiary alicyclic amines) is 1. The molecule has 3 amide bonds. The smallest absolute Gasteiger partial charge is 0.253 e. The fourth-order valence-corrected chi connectivity index (χ4v) is 3.48. The van der Waals surface area contributed by atoms with E-state index in [4.69, 9.17) is 0 Å². The van der Waals surface area contributed by atoms with Crippen molar-refractivity contribution in [2.45, 2.75) is 46.1 Å². The first kappa shape index (κ1) is 19.4. The SMILES string of the molecule is CC(C)C(=O)N[C@@H]1CCCN(C(=O)c2cccc(NC(=O)[C@@H]3C[C@H]3C)c2)C1. The van der Waals surface area contributed by atoms with Gasteiger partial charge >= 0.3 is 0 Å². The summed E-state index contributed by atoms with van der Waals surface area (Å²) in [7, 11) is 0. The van der Waals surface area contributed by atoms with Crippen molar-refractivity contribution in [3.63, 3.8) is 0 Å². The lowest BCUT2D eigenvalue weighted by atomic mass is 10.0. The zero-order chi connectivity index (χ0) is 19.6. The molecule has 27 heavy (non-hydrogen) atoms. The van der Waals surface area contributed by atoms with E-state index in [1.165, 1.54) is 0 Å². The monoisotopic (exact) mass is 371 g/mol. The maximum absolute atomic E-state index is 12.9. The van der Waals surface area contributed by atoms with Gasteiger partial charge in [0.2, 0.25) is 11.8 Å². The van der Waals surface area contributed by atoms with Gasteiger partial charge in [-0.05, 0) is 43.4 Å². The number of piperidine rings is 1. The molecule has 3 rings (SSSR count). The van der Waals surface area contributed by atoms with Crippen molar-refractivity contribution in [1.29, 1.82) is 0 Å². The average Bonchev–Trinajstić information content (AvgIpc) is 3.38. The van der Waals surface area contributed by atoms with E-state index in [1.54, 1.807) is 23.1 Å². The highest BCUT2D eigenvalue weighted by atomic mass is 16.2. The number of nitrogens with one attached hydrogen (secondary N) is 2. The van der Waals surface area contributed by atoms with Crippen LogP contribution < -0.4 is 10.6 Å². The van der Waals surface area contributed by atoms with Crippen molar-refractivity contribution in [3.05, 3.63) is 29.8 Å². The molecule has 1 aromatic carbocycles. The van der Waals surface area contributed by atoms with Crippen LogP contribution in [0.1, 0.15) is 50.4 Å². The lowest BCUT2D eigenvalue weighted by molar-refractivity contribution is -0.125. The Morgan fingerprint density at radius 3 is 2.63 bits per heavy atom. The van der Waals surface area contributed by atoms with Gasteiger partial charge in [-0.1, -0.05) is 26.8 Å². The number of carbonyl (C=O) groups is 3. The van der Waals surface area contributed by atoms with Crippen LogP contribution in [0.25, 0.3) is 0 Å². The van der Waals surface area contributed by atoms with Gasteiger partial charge in [-0.25, -0.2) is 0 Å². The number of nitrogens with zero attached hydrogens (tertiary/aromatic N) is 1. The van der Waals surface area contributed by atoms with E-state index in [0.717, 1.165) is 19.3 Å². The predicted molar refractivity (Wildman–Crippen MR) is 104 cm³/mol. The van der Waals surface area contributed by atoms with Gasteiger partial charge in [-0.3, -0.25) is 14.4 Å². The minimum Gasteiger partial charge on any atom is -0.351 e. The van der Waals surface area contributed by atoms with Gasteiger partial charge in [-0.2, -0.15) is 0 Å². The second kappa shape index (κ2) is 8.11. The van der Waals surface area contributed by atoms with Crippen LogP contribution in [0.2, 0.25) is 0 Å². The third-order valence-electron chi connectivity index (χ3n) is 5.40. The van der Waals surface area contributed by atoms with Crippen molar-refractivity contribution < 1.29 is 14.4 Å². The van der Waals surface area contributed by atoms with Crippen LogP contribution in [0.15, 0.2) is 24.3 Å². The Hall–Kier alpha value is -2.37. The lowest BCUT2D eigenvalue weighted by Crippen LogP contribution is -2.50. The summed E-state index contributed by atoms with van der Waals surface area (Å²) in [5.41, 5.74) is 1.22. The fourth-order valence-electron chi connectivity index (χ4n) is 3.48.